The lowest BCUT2D eigenvalue weighted by Gasteiger charge is -2.19. The van der Waals surface area contributed by atoms with Gasteiger partial charge in [-0.1, -0.05) is 0 Å². The van der Waals surface area contributed by atoms with E-state index in [1.165, 1.54) is 10.1 Å². The first-order valence-electron chi connectivity index (χ1n) is 7.95. The molecule has 0 spiro atoms. The Morgan fingerprint density at radius 3 is 2.67 bits per heavy atom. The minimum Gasteiger partial charge on any atom is -0.443 e. The molecule has 0 amide bonds. The van der Waals surface area contributed by atoms with Crippen LogP contribution >= 0.6 is 0 Å². The van der Waals surface area contributed by atoms with Gasteiger partial charge in [-0.05, 0) is 52.3 Å². The Morgan fingerprint density at radius 2 is 2.04 bits per heavy atom. The van der Waals surface area contributed by atoms with Gasteiger partial charge in [0, 0.05) is 35.5 Å². The van der Waals surface area contributed by atoms with Gasteiger partial charge in [-0.15, -0.1) is 0 Å². The zero-order valence-electron chi connectivity index (χ0n) is 14.7. The number of carbonyl (C=O) groups is 1. The largest absolute Gasteiger partial charge is 0.443 e. The van der Waals surface area contributed by atoms with Crippen molar-refractivity contribution in [3.8, 4) is 0 Å². The monoisotopic (exact) mass is 326 g/mol. The van der Waals surface area contributed by atoms with Gasteiger partial charge in [0.25, 0.3) is 0 Å². The Bertz CT molecular complexity index is 880. The Kier molecular flexibility index (Phi) is 3.91. The van der Waals surface area contributed by atoms with Crippen LogP contribution in [0.5, 0.6) is 0 Å². The third-order valence-electron chi connectivity index (χ3n) is 3.92. The molecular formula is C18H22N4O2. The minimum absolute atomic E-state index is 0.419. The summed E-state index contributed by atoms with van der Waals surface area (Å²) in [5.41, 5.74) is 4.40. The first-order valence-corrected chi connectivity index (χ1v) is 7.95. The molecule has 0 saturated carbocycles. The highest BCUT2D eigenvalue weighted by Gasteiger charge is 2.20. The summed E-state index contributed by atoms with van der Waals surface area (Å²) in [6.45, 7) is 9.54. The first-order chi connectivity index (χ1) is 11.3. The summed E-state index contributed by atoms with van der Waals surface area (Å²) in [5, 5.41) is 8.20. The molecule has 3 rings (SSSR count). The van der Waals surface area contributed by atoms with Crippen LogP contribution in [-0.2, 0) is 11.2 Å². The highest BCUT2D eigenvalue weighted by atomic mass is 16.6. The highest BCUT2D eigenvalue weighted by molar-refractivity contribution is 5.89. The molecule has 1 N–H and O–H groups in total. The molecule has 0 aliphatic carbocycles. The molecule has 0 fully saturated rings. The molecule has 3 aromatic rings. The molecule has 0 unspecified atom stereocenters. The molecule has 0 radical (unpaired) electrons. The number of H-pyrrole nitrogens is 1. The van der Waals surface area contributed by atoms with Crippen LogP contribution in [0.4, 0.5) is 4.79 Å². The number of carbonyl (C=O) groups excluding carboxylic acids is 1. The Labute approximate surface area is 140 Å². The van der Waals surface area contributed by atoms with Crippen LogP contribution < -0.4 is 0 Å². The second kappa shape index (κ2) is 5.78. The van der Waals surface area contributed by atoms with Crippen LogP contribution in [0.25, 0.3) is 11.0 Å². The lowest BCUT2D eigenvalue weighted by atomic mass is 10.0. The first kappa shape index (κ1) is 16.2. The molecule has 0 saturated heterocycles. The minimum atomic E-state index is -0.545. The van der Waals surface area contributed by atoms with Gasteiger partial charge in [0.05, 0.1) is 5.69 Å². The van der Waals surface area contributed by atoms with Crippen molar-refractivity contribution in [3.63, 3.8) is 0 Å². The van der Waals surface area contributed by atoms with Crippen LogP contribution in [0.1, 0.15) is 43.3 Å². The van der Waals surface area contributed by atoms with E-state index < -0.39 is 11.7 Å². The van der Waals surface area contributed by atoms with Gasteiger partial charge >= 0.3 is 6.09 Å². The summed E-state index contributed by atoms with van der Waals surface area (Å²) >= 11 is 0. The highest BCUT2D eigenvalue weighted by Crippen LogP contribution is 2.24. The van der Waals surface area contributed by atoms with Crippen molar-refractivity contribution < 1.29 is 9.53 Å². The third-order valence-corrected chi connectivity index (χ3v) is 3.92. The molecule has 0 atom stereocenters. The number of aromatic nitrogens is 4. The third kappa shape index (κ3) is 3.04. The number of nitrogens with one attached hydrogen (secondary N) is 1. The van der Waals surface area contributed by atoms with Crippen molar-refractivity contribution in [2.45, 2.75) is 46.6 Å². The van der Waals surface area contributed by atoms with E-state index in [2.05, 4.69) is 15.2 Å². The van der Waals surface area contributed by atoms with E-state index in [1.807, 2.05) is 46.8 Å². The molecule has 0 aliphatic heterocycles. The number of pyridine rings is 1. The van der Waals surface area contributed by atoms with Crippen molar-refractivity contribution in [2.24, 2.45) is 0 Å². The van der Waals surface area contributed by atoms with E-state index in [4.69, 9.17) is 4.74 Å². The lowest BCUT2D eigenvalue weighted by molar-refractivity contribution is 0.0543. The fourth-order valence-electron chi connectivity index (χ4n) is 2.73. The van der Waals surface area contributed by atoms with Crippen LogP contribution in [0.3, 0.4) is 0 Å². The maximum atomic E-state index is 12.4. The number of ether oxygens (including phenoxy) is 1. The standard InChI is InChI=1S/C18H22N4O2/c1-11-15(12(2)21-20-11)10-13-6-8-19-16-14(13)7-9-22(16)17(23)24-18(3,4)5/h6-9H,10H2,1-5H3,(H,20,21). The maximum Gasteiger partial charge on any atom is 0.420 e. The predicted octanol–water partition coefficient (Wildman–Crippen LogP) is 3.75. The summed E-state index contributed by atoms with van der Waals surface area (Å²) < 4.78 is 6.90. The van der Waals surface area contributed by atoms with E-state index in [0.29, 0.717) is 5.65 Å². The van der Waals surface area contributed by atoms with Gasteiger partial charge < -0.3 is 4.74 Å². The maximum absolute atomic E-state index is 12.4. The summed E-state index contributed by atoms with van der Waals surface area (Å²) in [6.07, 6.45) is 3.76. The second-order valence-corrected chi connectivity index (χ2v) is 6.96. The topological polar surface area (TPSA) is 72.8 Å². The smallest absolute Gasteiger partial charge is 0.420 e. The normalized spacial score (nSPS) is 11.9. The van der Waals surface area contributed by atoms with Gasteiger partial charge in [0.15, 0.2) is 0 Å². The van der Waals surface area contributed by atoms with Gasteiger partial charge in [-0.25, -0.2) is 14.3 Å². The van der Waals surface area contributed by atoms with Crippen LogP contribution in [0.2, 0.25) is 0 Å². The van der Waals surface area contributed by atoms with Crippen LogP contribution in [0.15, 0.2) is 24.5 Å². The number of rotatable bonds is 2. The Balaban J connectivity index is 1.99. The number of nitrogens with zero attached hydrogens (tertiary/aromatic N) is 3. The molecule has 0 bridgehead atoms. The molecule has 24 heavy (non-hydrogen) atoms. The number of fused-ring (bicyclic) bond motifs is 1. The van der Waals surface area contributed by atoms with Crippen molar-refractivity contribution in [3.05, 3.63) is 47.0 Å². The zero-order chi connectivity index (χ0) is 17.5. The van der Waals surface area contributed by atoms with Crippen molar-refractivity contribution in [1.82, 2.24) is 19.7 Å². The number of aryl methyl sites for hydroxylation is 2. The predicted molar refractivity (Wildman–Crippen MR) is 92.2 cm³/mol. The van der Waals surface area contributed by atoms with E-state index in [0.717, 1.165) is 28.8 Å². The molecule has 0 aromatic carbocycles. The van der Waals surface area contributed by atoms with Crippen molar-refractivity contribution in [2.75, 3.05) is 0 Å². The van der Waals surface area contributed by atoms with Gasteiger partial charge in [0.2, 0.25) is 0 Å². The van der Waals surface area contributed by atoms with E-state index in [-0.39, 0.29) is 0 Å². The molecule has 126 valence electrons. The number of hydrogen-bond acceptors (Lipinski definition) is 4. The Morgan fingerprint density at radius 1 is 1.29 bits per heavy atom. The number of hydrogen-bond donors (Lipinski definition) is 1. The summed E-state index contributed by atoms with van der Waals surface area (Å²) in [5.74, 6) is 0. The molecular weight excluding hydrogens is 304 g/mol. The summed E-state index contributed by atoms with van der Waals surface area (Å²) in [7, 11) is 0. The average Bonchev–Trinajstić information content (AvgIpc) is 3.04. The molecule has 3 aromatic heterocycles. The Hall–Kier alpha value is -2.63. The molecule has 3 heterocycles. The molecule has 6 nitrogen and oxygen atoms in total. The fourth-order valence-corrected chi connectivity index (χ4v) is 2.73. The quantitative estimate of drug-likeness (QED) is 0.778. The number of aromatic amines is 1. The average molecular weight is 326 g/mol. The second-order valence-electron chi connectivity index (χ2n) is 6.96. The fraction of sp³-hybridized carbons (Fsp3) is 0.389. The van der Waals surface area contributed by atoms with Crippen LogP contribution in [0, 0.1) is 13.8 Å². The van der Waals surface area contributed by atoms with Crippen molar-refractivity contribution in [1.29, 1.82) is 0 Å². The molecule has 0 aliphatic rings. The van der Waals surface area contributed by atoms with Gasteiger partial charge in [-0.3, -0.25) is 5.10 Å². The van der Waals surface area contributed by atoms with Gasteiger partial charge in [-0.2, -0.15) is 5.10 Å². The lowest BCUT2D eigenvalue weighted by Crippen LogP contribution is -2.26. The zero-order valence-corrected chi connectivity index (χ0v) is 14.7. The van der Waals surface area contributed by atoms with E-state index in [1.54, 1.807) is 12.4 Å². The SMILES string of the molecule is Cc1n[nH]c(C)c1Cc1ccnc2c1ccn2C(=O)OC(C)(C)C. The van der Waals surface area contributed by atoms with Crippen LogP contribution in [-0.4, -0.2) is 31.4 Å². The van der Waals surface area contributed by atoms with Gasteiger partial charge in [0.1, 0.15) is 11.2 Å². The summed E-state index contributed by atoms with van der Waals surface area (Å²) in [4.78, 5) is 16.7. The van der Waals surface area contributed by atoms with E-state index >= 15 is 0 Å². The van der Waals surface area contributed by atoms with Crippen molar-refractivity contribution >= 4 is 17.1 Å². The van der Waals surface area contributed by atoms with E-state index in [9.17, 15) is 4.79 Å². The summed E-state index contributed by atoms with van der Waals surface area (Å²) in [6, 6.07) is 3.89. The molecule has 6 heteroatoms.